The summed E-state index contributed by atoms with van der Waals surface area (Å²) in [5, 5.41) is 1.72. The van der Waals surface area contributed by atoms with Crippen LogP contribution >= 0.6 is 0 Å². The van der Waals surface area contributed by atoms with E-state index in [2.05, 4.69) is 28.1 Å². The van der Waals surface area contributed by atoms with Gasteiger partial charge < -0.3 is 0 Å². The van der Waals surface area contributed by atoms with Crippen molar-refractivity contribution in [2.75, 3.05) is 7.05 Å². The number of ketones is 1. The quantitative estimate of drug-likeness (QED) is 0.819. The van der Waals surface area contributed by atoms with Crippen molar-refractivity contribution in [2.45, 2.75) is 47.5 Å². The SMILES string of the molecule is C=C(C)C1=NC(C(=O)CCc2cccc(C)c2)=N/C(=C/C)N1NC.CC.[HH]. The van der Waals surface area contributed by atoms with Crippen molar-refractivity contribution >= 4 is 17.5 Å². The van der Waals surface area contributed by atoms with Gasteiger partial charge in [-0.1, -0.05) is 50.3 Å². The molecule has 0 saturated carbocycles. The lowest BCUT2D eigenvalue weighted by molar-refractivity contribution is -0.113. The van der Waals surface area contributed by atoms with Crippen molar-refractivity contribution in [3.63, 3.8) is 0 Å². The topological polar surface area (TPSA) is 57.1 Å². The number of aliphatic imine (C=N–C) groups is 2. The van der Waals surface area contributed by atoms with Crippen LogP contribution in [0.4, 0.5) is 0 Å². The van der Waals surface area contributed by atoms with Gasteiger partial charge in [-0.15, -0.1) is 0 Å². The van der Waals surface area contributed by atoms with Crippen LogP contribution in [0.2, 0.25) is 0 Å². The molecule has 0 saturated heterocycles. The maximum Gasteiger partial charge on any atom is 0.200 e. The molecule has 0 unspecified atom stereocenters. The minimum absolute atomic E-state index is 0. The number of carbonyl (C=O) groups is 1. The predicted octanol–water partition coefficient (Wildman–Crippen LogP) is 4.45. The first-order chi connectivity index (χ1) is 12.5. The number of benzene rings is 1. The van der Waals surface area contributed by atoms with Crippen LogP contribution in [0.5, 0.6) is 0 Å². The Kier molecular flexibility index (Phi) is 8.65. The highest BCUT2D eigenvalue weighted by molar-refractivity contribution is 6.42. The van der Waals surface area contributed by atoms with Gasteiger partial charge in [0, 0.05) is 14.9 Å². The molecule has 26 heavy (non-hydrogen) atoms. The smallest absolute Gasteiger partial charge is 0.200 e. The van der Waals surface area contributed by atoms with Gasteiger partial charge in [0.15, 0.2) is 11.7 Å². The van der Waals surface area contributed by atoms with E-state index in [1.807, 2.05) is 58.9 Å². The van der Waals surface area contributed by atoms with Gasteiger partial charge in [0.25, 0.3) is 0 Å². The maximum absolute atomic E-state index is 12.5. The summed E-state index contributed by atoms with van der Waals surface area (Å²) in [5.41, 5.74) is 6.12. The molecule has 0 fully saturated rings. The van der Waals surface area contributed by atoms with Crippen LogP contribution in [0.1, 0.15) is 46.7 Å². The number of Topliss-reactive ketones (excluding diaryl/α,β-unsaturated/α-hetero) is 1. The number of aryl methyl sites for hydroxylation is 2. The summed E-state index contributed by atoms with van der Waals surface area (Å²) in [6.07, 6.45) is 2.89. The first-order valence-electron chi connectivity index (χ1n) is 9.02. The molecule has 0 bridgehead atoms. The molecular weight excluding hydrogens is 324 g/mol. The van der Waals surface area contributed by atoms with Gasteiger partial charge in [-0.25, -0.2) is 20.4 Å². The van der Waals surface area contributed by atoms with Crippen LogP contribution in [0, 0.1) is 6.92 Å². The van der Waals surface area contributed by atoms with E-state index in [0.717, 1.165) is 11.1 Å². The Morgan fingerprint density at radius 1 is 1.35 bits per heavy atom. The second-order valence-corrected chi connectivity index (χ2v) is 5.77. The van der Waals surface area contributed by atoms with Crippen molar-refractivity contribution in [3.8, 4) is 0 Å². The summed E-state index contributed by atoms with van der Waals surface area (Å²) in [5.74, 6) is 1.43. The third-order valence-electron chi connectivity index (χ3n) is 3.71. The monoisotopic (exact) mass is 356 g/mol. The molecule has 1 aromatic carbocycles. The van der Waals surface area contributed by atoms with Gasteiger partial charge in [0.1, 0.15) is 5.82 Å². The molecule has 0 amide bonds. The number of rotatable bonds is 6. The van der Waals surface area contributed by atoms with E-state index in [4.69, 9.17) is 0 Å². The Bertz CT molecular complexity index is 750. The number of hydrogen-bond acceptors (Lipinski definition) is 5. The first kappa shape index (κ1) is 21.5. The van der Waals surface area contributed by atoms with Crippen molar-refractivity contribution in [2.24, 2.45) is 9.98 Å². The van der Waals surface area contributed by atoms with Gasteiger partial charge in [-0.2, -0.15) is 0 Å². The van der Waals surface area contributed by atoms with Crippen LogP contribution in [0.3, 0.4) is 0 Å². The van der Waals surface area contributed by atoms with Crippen molar-refractivity contribution in [3.05, 3.63) is 59.4 Å². The summed E-state index contributed by atoms with van der Waals surface area (Å²) in [7, 11) is 1.78. The number of carbonyl (C=O) groups excluding carboxylic acids is 1. The summed E-state index contributed by atoms with van der Waals surface area (Å²) >= 11 is 0. The summed E-state index contributed by atoms with van der Waals surface area (Å²) in [4.78, 5) is 21.3. The molecule has 0 aromatic heterocycles. The Morgan fingerprint density at radius 2 is 2.04 bits per heavy atom. The van der Waals surface area contributed by atoms with Gasteiger partial charge in [0.2, 0.25) is 5.78 Å². The normalized spacial score (nSPS) is 15.0. The van der Waals surface area contributed by atoms with E-state index < -0.39 is 0 Å². The van der Waals surface area contributed by atoms with Crippen molar-refractivity contribution < 1.29 is 6.22 Å². The molecule has 1 N–H and O–H groups in total. The second-order valence-electron chi connectivity index (χ2n) is 5.77. The summed E-state index contributed by atoms with van der Waals surface area (Å²) < 4.78 is 0. The highest BCUT2D eigenvalue weighted by Gasteiger charge is 2.24. The molecule has 2 rings (SSSR count). The molecule has 5 heteroatoms. The first-order valence-corrected chi connectivity index (χ1v) is 9.02. The van der Waals surface area contributed by atoms with Gasteiger partial charge in [-0.05, 0) is 44.4 Å². The number of hydrazine groups is 1. The van der Waals surface area contributed by atoms with Crippen LogP contribution in [0.15, 0.2) is 58.3 Å². The van der Waals surface area contributed by atoms with E-state index in [1.54, 1.807) is 12.1 Å². The summed E-state index contributed by atoms with van der Waals surface area (Å²) in [6.45, 7) is 13.7. The van der Waals surface area contributed by atoms with Crippen LogP contribution in [-0.2, 0) is 11.2 Å². The standard InChI is InChI=1S/C19H24N4O.C2H6.H2/c1-6-17-21-18(22-19(13(2)3)23(17)20-5)16(24)11-10-15-9-7-8-14(4)12-15;1-2;/h6-9,12,20H,2,10-11H2,1,3-5H3;1-2H3;1H/b17-6-;;. The number of allylic oxidation sites excluding steroid dienone is 1. The van der Waals surface area contributed by atoms with E-state index in [-0.39, 0.29) is 13.0 Å². The van der Waals surface area contributed by atoms with Crippen molar-refractivity contribution in [1.82, 2.24) is 10.4 Å². The van der Waals surface area contributed by atoms with E-state index in [1.165, 1.54) is 5.56 Å². The van der Waals surface area contributed by atoms with E-state index in [0.29, 0.717) is 24.5 Å². The molecule has 1 aliphatic heterocycles. The predicted molar refractivity (Wildman–Crippen MR) is 112 cm³/mol. The molecule has 5 nitrogen and oxygen atoms in total. The third-order valence-corrected chi connectivity index (χ3v) is 3.71. The fourth-order valence-corrected chi connectivity index (χ4v) is 2.50. The molecule has 0 radical (unpaired) electrons. The molecule has 142 valence electrons. The fraction of sp³-hybridized carbons (Fsp3) is 0.381. The van der Waals surface area contributed by atoms with Gasteiger partial charge >= 0.3 is 0 Å². The molecule has 0 aliphatic carbocycles. The number of hydrogen-bond donors (Lipinski definition) is 1. The van der Waals surface area contributed by atoms with Crippen LogP contribution < -0.4 is 5.43 Å². The Labute approximate surface area is 158 Å². The molecule has 0 atom stereocenters. The zero-order valence-corrected chi connectivity index (χ0v) is 16.8. The zero-order valence-electron chi connectivity index (χ0n) is 16.8. The van der Waals surface area contributed by atoms with Crippen LogP contribution in [0.25, 0.3) is 0 Å². The zero-order chi connectivity index (χ0) is 19.7. The molecule has 1 aromatic rings. The van der Waals surface area contributed by atoms with Crippen LogP contribution in [-0.4, -0.2) is 29.5 Å². The average molecular weight is 357 g/mol. The lowest BCUT2D eigenvalue weighted by Gasteiger charge is -2.28. The second kappa shape index (κ2) is 10.5. The van der Waals surface area contributed by atoms with Crippen molar-refractivity contribution in [1.29, 1.82) is 0 Å². The number of nitrogens with zero attached hydrogens (tertiary/aromatic N) is 3. The highest BCUT2D eigenvalue weighted by Crippen LogP contribution is 2.16. The minimum Gasteiger partial charge on any atom is -0.291 e. The Morgan fingerprint density at radius 3 is 2.58 bits per heavy atom. The largest absolute Gasteiger partial charge is 0.291 e. The fourth-order valence-electron chi connectivity index (χ4n) is 2.50. The molecule has 1 aliphatic rings. The lowest BCUT2D eigenvalue weighted by Crippen LogP contribution is -2.43. The minimum atomic E-state index is -0.0645. The van der Waals surface area contributed by atoms with Gasteiger partial charge in [0.05, 0.1) is 0 Å². The highest BCUT2D eigenvalue weighted by atomic mass is 16.1. The maximum atomic E-state index is 12.5. The Balaban J connectivity index is 0.00000218. The summed E-state index contributed by atoms with van der Waals surface area (Å²) in [6, 6.07) is 8.18. The average Bonchev–Trinajstić information content (AvgIpc) is 2.66. The molecule has 0 spiro atoms. The molecular formula is C21H32N4O. The van der Waals surface area contributed by atoms with Gasteiger partial charge in [-0.3, -0.25) is 4.79 Å². The number of amidine groups is 2. The Hall–Kier alpha value is -2.53. The number of nitrogens with one attached hydrogen (secondary N) is 1. The molecule has 1 heterocycles. The third kappa shape index (κ3) is 5.49. The van der Waals surface area contributed by atoms with E-state index in [9.17, 15) is 4.79 Å². The lowest BCUT2D eigenvalue weighted by atomic mass is 10.0. The van der Waals surface area contributed by atoms with E-state index >= 15 is 0 Å².